The third kappa shape index (κ3) is 6.35. The number of pyridine rings is 1. The molecule has 170 valence electrons. The van der Waals surface area contributed by atoms with Gasteiger partial charge < -0.3 is 14.6 Å². The monoisotopic (exact) mass is 455 g/mol. The Morgan fingerprint density at radius 3 is 2.53 bits per heavy atom. The topological polar surface area (TPSA) is 109 Å². The summed E-state index contributed by atoms with van der Waals surface area (Å²) in [5.41, 5.74) is 0.509. The summed E-state index contributed by atoms with van der Waals surface area (Å²) in [6.45, 7) is 1.87. The quantitative estimate of drug-likeness (QED) is 0.712. The molecule has 3 heterocycles. The van der Waals surface area contributed by atoms with Crippen LogP contribution in [0.3, 0.4) is 0 Å². The average molecular weight is 455 g/mol. The van der Waals surface area contributed by atoms with Crippen molar-refractivity contribution in [3.05, 3.63) is 30.1 Å². The molecule has 30 heavy (non-hydrogen) atoms. The molecular weight excluding hydrogens is 431 g/mol. The number of hydrogen-bond donors (Lipinski definition) is 1. The minimum absolute atomic E-state index is 0.0787. The zero-order valence-corrected chi connectivity index (χ0v) is 17.3. The Morgan fingerprint density at radius 2 is 2.03 bits per heavy atom. The van der Waals surface area contributed by atoms with E-state index >= 15 is 0 Å². The molecule has 1 atom stereocenters. The van der Waals surface area contributed by atoms with Crippen LogP contribution in [0.15, 0.2) is 24.4 Å². The van der Waals surface area contributed by atoms with Crippen molar-refractivity contribution in [2.45, 2.75) is 37.3 Å². The van der Waals surface area contributed by atoms with E-state index in [4.69, 9.17) is 19.4 Å². The van der Waals surface area contributed by atoms with E-state index in [0.29, 0.717) is 26.3 Å². The van der Waals surface area contributed by atoms with Crippen molar-refractivity contribution in [3.63, 3.8) is 0 Å². The lowest BCUT2D eigenvalue weighted by molar-refractivity contribution is -0.192. The summed E-state index contributed by atoms with van der Waals surface area (Å²) in [4.78, 5) is 13.1. The lowest BCUT2D eigenvalue weighted by Gasteiger charge is -2.52. The summed E-state index contributed by atoms with van der Waals surface area (Å²) in [5.74, 6) is -2.76. The third-order valence-electron chi connectivity index (χ3n) is 4.60. The van der Waals surface area contributed by atoms with E-state index in [1.54, 1.807) is 20.3 Å². The fraction of sp³-hybridized carbons (Fsp3) is 0.647. The molecule has 0 radical (unpaired) electrons. The van der Waals surface area contributed by atoms with Gasteiger partial charge in [0.1, 0.15) is 0 Å². The highest BCUT2D eigenvalue weighted by Gasteiger charge is 2.52. The first-order valence-corrected chi connectivity index (χ1v) is 10.4. The predicted molar refractivity (Wildman–Crippen MR) is 98.6 cm³/mol. The highest BCUT2D eigenvalue weighted by Crippen LogP contribution is 2.37. The molecule has 1 unspecified atom stereocenters. The van der Waals surface area contributed by atoms with E-state index in [-0.39, 0.29) is 6.10 Å². The Balaban J connectivity index is 0.000000396. The SMILES string of the molecule is CN(C)S(=O)(=O)N1CC2(CC(OCc3ccccn3)CCO2)C1.O=C(O)C(F)(F)F. The van der Waals surface area contributed by atoms with Gasteiger partial charge in [0.25, 0.3) is 10.2 Å². The van der Waals surface area contributed by atoms with Gasteiger partial charge in [-0.25, -0.2) is 4.79 Å². The van der Waals surface area contributed by atoms with E-state index in [1.165, 1.54) is 8.61 Å². The number of alkyl halides is 3. The molecule has 2 fully saturated rings. The smallest absolute Gasteiger partial charge is 0.475 e. The molecule has 1 aromatic rings. The second kappa shape index (κ2) is 9.56. The molecule has 13 heteroatoms. The van der Waals surface area contributed by atoms with Gasteiger partial charge in [0.05, 0.1) is 24.0 Å². The van der Waals surface area contributed by atoms with Gasteiger partial charge in [-0.2, -0.15) is 30.2 Å². The first kappa shape index (κ1) is 24.5. The number of aromatic nitrogens is 1. The third-order valence-corrected chi connectivity index (χ3v) is 6.43. The molecule has 1 N–H and O–H groups in total. The van der Waals surface area contributed by atoms with E-state index in [9.17, 15) is 21.6 Å². The van der Waals surface area contributed by atoms with Gasteiger partial charge in [0.15, 0.2) is 0 Å². The van der Waals surface area contributed by atoms with Gasteiger partial charge in [-0.05, 0) is 18.6 Å². The molecule has 1 spiro atoms. The Labute approximate surface area is 172 Å². The summed E-state index contributed by atoms with van der Waals surface area (Å²) in [6, 6.07) is 5.75. The van der Waals surface area contributed by atoms with Gasteiger partial charge >= 0.3 is 12.1 Å². The second-order valence-electron chi connectivity index (χ2n) is 7.14. The van der Waals surface area contributed by atoms with Crippen LogP contribution in [0.2, 0.25) is 0 Å². The zero-order chi connectivity index (χ0) is 22.6. The second-order valence-corrected chi connectivity index (χ2v) is 9.28. The van der Waals surface area contributed by atoms with Gasteiger partial charge in [-0.1, -0.05) is 6.07 Å². The van der Waals surface area contributed by atoms with E-state index in [2.05, 4.69) is 4.98 Å². The number of carboxylic acids is 1. The Morgan fingerprint density at radius 1 is 1.40 bits per heavy atom. The lowest BCUT2D eigenvalue weighted by atomic mass is 9.86. The van der Waals surface area contributed by atoms with Crippen LogP contribution < -0.4 is 0 Å². The van der Waals surface area contributed by atoms with Crippen LogP contribution in [0.1, 0.15) is 18.5 Å². The van der Waals surface area contributed by atoms with E-state index in [1.807, 2.05) is 18.2 Å². The van der Waals surface area contributed by atoms with Crippen molar-refractivity contribution in [2.24, 2.45) is 0 Å². The standard InChI is InChI=1S/C15H23N3O4S.C2HF3O2/c1-17(2)23(19,20)18-11-15(12-18)9-14(6-8-22-15)21-10-13-5-3-4-7-16-13;3-2(4,5)1(6)7/h3-5,7,14H,6,8-12H2,1-2H3;(H,6,7). The molecule has 9 nitrogen and oxygen atoms in total. The molecule has 0 aromatic carbocycles. The van der Waals surface area contributed by atoms with Crippen molar-refractivity contribution < 1.29 is 41.0 Å². The van der Waals surface area contributed by atoms with Crippen LogP contribution in [0, 0.1) is 0 Å². The molecule has 0 bridgehead atoms. The van der Waals surface area contributed by atoms with Crippen molar-refractivity contribution >= 4 is 16.2 Å². The minimum atomic E-state index is -5.08. The molecule has 2 saturated heterocycles. The van der Waals surface area contributed by atoms with Crippen molar-refractivity contribution in [2.75, 3.05) is 33.8 Å². The maximum absolute atomic E-state index is 12.1. The number of hydrogen-bond acceptors (Lipinski definition) is 6. The molecular formula is C17H24F3N3O6S. The van der Waals surface area contributed by atoms with Crippen LogP contribution >= 0.6 is 0 Å². The van der Waals surface area contributed by atoms with Crippen molar-refractivity contribution in [3.8, 4) is 0 Å². The number of ether oxygens (including phenoxy) is 2. The maximum atomic E-state index is 12.1. The highest BCUT2D eigenvalue weighted by molar-refractivity contribution is 7.86. The van der Waals surface area contributed by atoms with Crippen molar-refractivity contribution in [1.29, 1.82) is 0 Å². The number of aliphatic carboxylic acids is 1. The zero-order valence-electron chi connectivity index (χ0n) is 16.5. The summed E-state index contributed by atoms with van der Waals surface area (Å²) in [7, 11) is -0.267. The molecule has 0 aliphatic carbocycles. The number of carboxylic acid groups (broad SMARTS) is 1. The number of rotatable bonds is 5. The Kier molecular flexibility index (Phi) is 7.80. The molecule has 0 amide bonds. The minimum Gasteiger partial charge on any atom is -0.475 e. The number of carbonyl (C=O) groups is 1. The summed E-state index contributed by atoms with van der Waals surface area (Å²) < 4.78 is 70.4. The van der Waals surface area contributed by atoms with Gasteiger partial charge in [0.2, 0.25) is 0 Å². The first-order valence-electron chi connectivity index (χ1n) is 8.99. The maximum Gasteiger partial charge on any atom is 0.490 e. The molecule has 0 saturated carbocycles. The van der Waals surface area contributed by atoms with Gasteiger partial charge in [0, 0.05) is 46.4 Å². The van der Waals surface area contributed by atoms with Crippen LogP contribution in [0.5, 0.6) is 0 Å². The molecule has 3 rings (SSSR count). The first-order chi connectivity index (χ1) is 13.9. The van der Waals surface area contributed by atoms with E-state index in [0.717, 1.165) is 18.5 Å². The predicted octanol–water partition coefficient (Wildman–Crippen LogP) is 1.27. The summed E-state index contributed by atoms with van der Waals surface area (Å²) in [6.07, 6.45) is -1.70. The van der Waals surface area contributed by atoms with Crippen molar-refractivity contribution in [1.82, 2.24) is 13.6 Å². The lowest BCUT2D eigenvalue weighted by Crippen LogP contribution is -2.68. The van der Waals surface area contributed by atoms with Crippen LogP contribution in [-0.2, 0) is 31.1 Å². The molecule has 2 aliphatic rings. The van der Waals surface area contributed by atoms with Crippen LogP contribution in [0.4, 0.5) is 13.2 Å². The highest BCUT2D eigenvalue weighted by atomic mass is 32.2. The molecule has 2 aliphatic heterocycles. The summed E-state index contributed by atoms with van der Waals surface area (Å²) >= 11 is 0. The van der Waals surface area contributed by atoms with Gasteiger partial charge in [-0.15, -0.1) is 0 Å². The largest absolute Gasteiger partial charge is 0.490 e. The number of halogens is 3. The fourth-order valence-corrected chi connectivity index (χ4v) is 4.28. The summed E-state index contributed by atoms with van der Waals surface area (Å²) in [5, 5.41) is 7.12. The van der Waals surface area contributed by atoms with Gasteiger partial charge in [-0.3, -0.25) is 4.98 Å². The number of nitrogens with zero attached hydrogens (tertiary/aromatic N) is 3. The fourth-order valence-electron chi connectivity index (χ4n) is 3.02. The van der Waals surface area contributed by atoms with E-state index < -0.39 is 28.0 Å². The normalized spacial score (nSPS) is 21.6. The average Bonchev–Trinajstić information content (AvgIpc) is 2.65. The molecule has 1 aromatic heterocycles. The Hall–Kier alpha value is -1.80. The van der Waals surface area contributed by atoms with Crippen LogP contribution in [0.25, 0.3) is 0 Å². The van der Waals surface area contributed by atoms with Crippen LogP contribution in [-0.4, -0.2) is 84.8 Å². The Bertz CT molecular complexity index is 814.